The molecule has 5 heteroatoms. The van der Waals surface area contributed by atoms with Crippen LogP contribution in [0, 0.1) is 11.8 Å². The van der Waals surface area contributed by atoms with Crippen LogP contribution in [0.3, 0.4) is 0 Å². The first-order valence-corrected chi connectivity index (χ1v) is 10.4. The number of carbonyl (C=O) groups is 1. The Bertz CT molecular complexity index is 985. The molecule has 0 bridgehead atoms. The van der Waals surface area contributed by atoms with Crippen LogP contribution in [0.5, 0.6) is 5.75 Å². The number of hydrogen-bond acceptors (Lipinski definition) is 4. The molecule has 4 nitrogen and oxygen atoms in total. The molecule has 0 spiro atoms. The fourth-order valence-electron chi connectivity index (χ4n) is 2.79. The smallest absolute Gasteiger partial charge is 0.228 e. The van der Waals surface area contributed by atoms with Gasteiger partial charge in [-0.05, 0) is 42.3 Å². The van der Waals surface area contributed by atoms with Gasteiger partial charge in [-0.15, -0.1) is 11.3 Å². The van der Waals surface area contributed by atoms with Crippen molar-refractivity contribution in [3.63, 3.8) is 0 Å². The van der Waals surface area contributed by atoms with Gasteiger partial charge < -0.3 is 10.1 Å². The van der Waals surface area contributed by atoms with Crippen LogP contribution in [0.15, 0.2) is 48.0 Å². The van der Waals surface area contributed by atoms with Crippen LogP contribution in [0.2, 0.25) is 0 Å². The average Bonchev–Trinajstić information content (AvgIpc) is 3.15. The second kappa shape index (κ2) is 10.5. The number of thiazole rings is 1. The molecule has 1 N–H and O–H groups in total. The highest BCUT2D eigenvalue weighted by Crippen LogP contribution is 2.22. The molecule has 0 radical (unpaired) electrons. The molecule has 0 fully saturated rings. The molecule has 1 aromatic heterocycles. The summed E-state index contributed by atoms with van der Waals surface area (Å²) < 4.78 is 6.74. The van der Waals surface area contributed by atoms with Gasteiger partial charge in [-0.3, -0.25) is 4.79 Å². The average molecular weight is 393 g/mol. The van der Waals surface area contributed by atoms with Gasteiger partial charge in [0, 0.05) is 12.1 Å². The normalized spacial score (nSPS) is 10.3. The molecule has 0 unspecified atom stereocenters. The third kappa shape index (κ3) is 6.11. The van der Waals surface area contributed by atoms with Crippen molar-refractivity contribution in [2.75, 3.05) is 11.9 Å². The Morgan fingerprint density at radius 1 is 1.18 bits per heavy atom. The van der Waals surface area contributed by atoms with Crippen LogP contribution < -0.4 is 10.1 Å². The van der Waals surface area contributed by atoms with E-state index in [9.17, 15) is 4.79 Å². The number of carbonyl (C=O) groups excluding carboxylic acids is 1. The minimum Gasteiger partial charge on any atom is -0.481 e. The van der Waals surface area contributed by atoms with Gasteiger partial charge in [0.2, 0.25) is 5.91 Å². The van der Waals surface area contributed by atoms with Crippen molar-refractivity contribution in [1.29, 1.82) is 0 Å². The summed E-state index contributed by atoms with van der Waals surface area (Å²) in [5, 5.41) is 2.95. The Labute approximate surface area is 170 Å². The minimum atomic E-state index is -0.0586. The van der Waals surface area contributed by atoms with Gasteiger partial charge in [-0.2, -0.15) is 0 Å². The molecular formula is C23H24N2O2S. The van der Waals surface area contributed by atoms with Crippen molar-refractivity contribution in [3.8, 4) is 17.6 Å². The van der Waals surface area contributed by atoms with Crippen molar-refractivity contribution >= 4 is 33.1 Å². The molecule has 0 saturated heterocycles. The van der Waals surface area contributed by atoms with E-state index in [0.29, 0.717) is 13.0 Å². The number of unbranched alkanes of at least 4 members (excludes halogenated alkanes) is 3. The van der Waals surface area contributed by atoms with Crippen molar-refractivity contribution < 1.29 is 9.53 Å². The van der Waals surface area contributed by atoms with Crippen LogP contribution in [0.25, 0.3) is 10.2 Å². The molecular weight excluding hydrogens is 368 g/mol. The van der Waals surface area contributed by atoms with Crippen LogP contribution in [0.1, 0.15) is 38.2 Å². The molecule has 3 rings (SSSR count). The molecule has 0 aliphatic rings. The molecule has 144 valence electrons. The zero-order chi connectivity index (χ0) is 19.6. The van der Waals surface area contributed by atoms with Crippen LogP contribution in [-0.2, 0) is 11.2 Å². The number of nitrogens with zero attached hydrogens (tertiary/aromatic N) is 1. The van der Waals surface area contributed by atoms with E-state index in [2.05, 4.69) is 29.1 Å². The van der Waals surface area contributed by atoms with Gasteiger partial charge in [-0.1, -0.05) is 43.7 Å². The highest BCUT2D eigenvalue weighted by Gasteiger charge is 2.06. The lowest BCUT2D eigenvalue weighted by atomic mass is 10.1. The van der Waals surface area contributed by atoms with E-state index in [1.165, 1.54) is 12.8 Å². The summed E-state index contributed by atoms with van der Waals surface area (Å²) in [6.07, 6.45) is 4.78. The first-order chi connectivity index (χ1) is 13.7. The predicted octanol–water partition coefficient (Wildman–Crippen LogP) is 5.44. The number of rotatable bonds is 8. The Balaban J connectivity index is 1.49. The van der Waals surface area contributed by atoms with E-state index in [0.717, 1.165) is 40.1 Å². The molecule has 2 aromatic carbocycles. The van der Waals surface area contributed by atoms with Gasteiger partial charge in [0.05, 0.1) is 22.1 Å². The fourth-order valence-corrected chi connectivity index (χ4v) is 3.51. The maximum atomic E-state index is 12.4. The Morgan fingerprint density at radius 2 is 2.11 bits per heavy atom. The van der Waals surface area contributed by atoms with Gasteiger partial charge in [-0.25, -0.2) is 4.98 Å². The molecule has 1 heterocycles. The Kier molecular flexibility index (Phi) is 7.45. The van der Waals surface area contributed by atoms with Crippen molar-refractivity contribution in [1.82, 2.24) is 4.98 Å². The topological polar surface area (TPSA) is 51.2 Å². The zero-order valence-corrected chi connectivity index (χ0v) is 16.8. The predicted molar refractivity (Wildman–Crippen MR) is 116 cm³/mol. The second-order valence-electron chi connectivity index (χ2n) is 6.51. The lowest BCUT2D eigenvalue weighted by Gasteiger charge is -2.07. The fraction of sp³-hybridized carbons (Fsp3) is 0.304. The molecule has 0 saturated carbocycles. The molecule has 0 atom stereocenters. The van der Waals surface area contributed by atoms with E-state index in [-0.39, 0.29) is 5.91 Å². The van der Waals surface area contributed by atoms with E-state index < -0.39 is 0 Å². The highest BCUT2D eigenvalue weighted by atomic mass is 32.1. The van der Waals surface area contributed by atoms with Gasteiger partial charge >= 0.3 is 0 Å². The van der Waals surface area contributed by atoms with Crippen LogP contribution in [0.4, 0.5) is 5.69 Å². The van der Waals surface area contributed by atoms with Gasteiger partial charge in [0.1, 0.15) is 12.4 Å². The monoisotopic (exact) mass is 392 g/mol. The SMILES string of the molecule is CCCCCC#CCOc1cccc(CC(=O)Nc2ccc3ncsc3c2)c1. The van der Waals surface area contributed by atoms with Crippen molar-refractivity contribution in [2.45, 2.75) is 39.0 Å². The summed E-state index contributed by atoms with van der Waals surface area (Å²) in [7, 11) is 0. The van der Waals surface area contributed by atoms with Crippen LogP contribution in [-0.4, -0.2) is 17.5 Å². The number of anilines is 1. The maximum Gasteiger partial charge on any atom is 0.228 e. The second-order valence-corrected chi connectivity index (χ2v) is 7.39. The maximum absolute atomic E-state index is 12.4. The lowest BCUT2D eigenvalue weighted by molar-refractivity contribution is -0.115. The van der Waals surface area contributed by atoms with E-state index >= 15 is 0 Å². The van der Waals surface area contributed by atoms with Crippen molar-refractivity contribution in [2.24, 2.45) is 0 Å². The number of ether oxygens (including phenoxy) is 1. The van der Waals surface area contributed by atoms with E-state index in [4.69, 9.17) is 4.74 Å². The summed E-state index contributed by atoms with van der Waals surface area (Å²) in [6, 6.07) is 13.3. The standard InChI is InChI=1S/C23H24N2O2S/c1-2-3-4-5-6-7-13-27-20-10-8-9-18(14-20)15-23(26)25-19-11-12-21-22(16-19)28-17-24-21/h8-12,14,16-17H,2-5,13,15H2,1H3,(H,25,26). The summed E-state index contributed by atoms with van der Waals surface area (Å²) >= 11 is 1.56. The Morgan fingerprint density at radius 3 is 3.00 bits per heavy atom. The number of fused-ring (bicyclic) bond motifs is 1. The first kappa shape index (κ1) is 19.9. The quantitative estimate of drug-likeness (QED) is 0.410. The molecule has 3 aromatic rings. The largest absolute Gasteiger partial charge is 0.481 e. The molecule has 28 heavy (non-hydrogen) atoms. The third-order valence-electron chi connectivity index (χ3n) is 4.22. The van der Waals surface area contributed by atoms with E-state index in [1.54, 1.807) is 16.8 Å². The van der Waals surface area contributed by atoms with Gasteiger partial charge in [0.15, 0.2) is 0 Å². The Hall–Kier alpha value is -2.84. The molecule has 0 aliphatic carbocycles. The molecule has 0 aliphatic heterocycles. The minimum absolute atomic E-state index is 0.0586. The lowest BCUT2D eigenvalue weighted by Crippen LogP contribution is -2.14. The van der Waals surface area contributed by atoms with Crippen LogP contribution >= 0.6 is 11.3 Å². The number of amides is 1. The number of benzene rings is 2. The van der Waals surface area contributed by atoms with Crippen molar-refractivity contribution in [3.05, 3.63) is 53.5 Å². The summed E-state index contributed by atoms with van der Waals surface area (Å²) in [4.78, 5) is 16.6. The molecule has 1 amide bonds. The van der Waals surface area contributed by atoms with E-state index in [1.807, 2.05) is 42.5 Å². The highest BCUT2D eigenvalue weighted by molar-refractivity contribution is 7.16. The number of aromatic nitrogens is 1. The summed E-state index contributed by atoms with van der Waals surface area (Å²) in [5.74, 6) is 6.85. The third-order valence-corrected chi connectivity index (χ3v) is 5.01. The number of nitrogens with one attached hydrogen (secondary N) is 1. The number of hydrogen-bond donors (Lipinski definition) is 1. The first-order valence-electron chi connectivity index (χ1n) is 9.55. The zero-order valence-electron chi connectivity index (χ0n) is 16.0. The van der Waals surface area contributed by atoms with Gasteiger partial charge in [0.25, 0.3) is 0 Å². The summed E-state index contributed by atoms with van der Waals surface area (Å²) in [5.41, 5.74) is 4.44. The summed E-state index contributed by atoms with van der Waals surface area (Å²) in [6.45, 7) is 2.56.